The predicted molar refractivity (Wildman–Crippen MR) is 112 cm³/mol. The van der Waals surface area contributed by atoms with Gasteiger partial charge in [0.15, 0.2) is 0 Å². The maximum Gasteiger partial charge on any atom is 0.204 e. The molecule has 1 aliphatic heterocycles. The molecule has 6 heteroatoms. The van der Waals surface area contributed by atoms with E-state index in [4.69, 9.17) is 10.7 Å². The van der Waals surface area contributed by atoms with E-state index >= 15 is 0 Å². The molecule has 28 heavy (non-hydrogen) atoms. The third-order valence-corrected chi connectivity index (χ3v) is 5.51. The molecule has 0 aliphatic carbocycles. The van der Waals surface area contributed by atoms with Gasteiger partial charge < -0.3 is 20.5 Å². The van der Waals surface area contributed by atoms with Gasteiger partial charge in [-0.05, 0) is 55.6 Å². The van der Waals surface area contributed by atoms with E-state index in [0.717, 1.165) is 61.4 Å². The van der Waals surface area contributed by atoms with Gasteiger partial charge in [0.05, 0.1) is 17.6 Å². The largest absolute Gasteiger partial charge is 0.353 e. The molecule has 1 fully saturated rings. The Morgan fingerprint density at radius 3 is 2.71 bits per heavy atom. The minimum atomic E-state index is -0.210. The monoisotopic (exact) mass is 381 g/mol. The van der Waals surface area contributed by atoms with Gasteiger partial charge in [0.25, 0.3) is 0 Å². The van der Waals surface area contributed by atoms with Crippen molar-refractivity contribution in [2.75, 3.05) is 31.5 Å². The van der Waals surface area contributed by atoms with Gasteiger partial charge in [-0.2, -0.15) is 0 Å². The van der Waals surface area contributed by atoms with Gasteiger partial charge in [0.1, 0.15) is 5.82 Å². The third kappa shape index (κ3) is 4.34. The van der Waals surface area contributed by atoms with Crippen LogP contribution in [0.2, 0.25) is 0 Å². The van der Waals surface area contributed by atoms with E-state index in [-0.39, 0.29) is 5.82 Å². The van der Waals surface area contributed by atoms with Crippen molar-refractivity contribution in [1.82, 2.24) is 14.5 Å². The molecular formula is C22H28FN5. The van der Waals surface area contributed by atoms with Gasteiger partial charge in [-0.25, -0.2) is 9.37 Å². The Bertz CT molecular complexity index is 905. The Kier molecular flexibility index (Phi) is 5.88. The molecule has 3 aromatic rings. The molecule has 148 valence electrons. The zero-order valence-corrected chi connectivity index (χ0v) is 16.1. The fraction of sp³-hybridized carbons (Fsp3) is 0.409. The zero-order chi connectivity index (χ0) is 19.3. The lowest BCUT2D eigenvalue weighted by atomic mass is 10.1. The molecule has 1 aliphatic rings. The summed E-state index contributed by atoms with van der Waals surface area (Å²) in [7, 11) is 0. The Balaban J connectivity index is 1.57. The summed E-state index contributed by atoms with van der Waals surface area (Å²) in [5.74, 6) is 0.681. The summed E-state index contributed by atoms with van der Waals surface area (Å²) in [6, 6.07) is 15.3. The summed E-state index contributed by atoms with van der Waals surface area (Å²) in [5.41, 5.74) is 8.85. The van der Waals surface area contributed by atoms with Crippen molar-refractivity contribution in [2.24, 2.45) is 5.73 Å². The van der Waals surface area contributed by atoms with Crippen LogP contribution in [0.1, 0.15) is 24.8 Å². The Hall–Kier alpha value is -2.44. The van der Waals surface area contributed by atoms with Crippen molar-refractivity contribution in [2.45, 2.75) is 31.8 Å². The number of benzene rings is 2. The fourth-order valence-corrected chi connectivity index (χ4v) is 4.01. The van der Waals surface area contributed by atoms with Crippen LogP contribution in [0.15, 0.2) is 48.5 Å². The van der Waals surface area contributed by atoms with Gasteiger partial charge >= 0.3 is 0 Å². The van der Waals surface area contributed by atoms with Crippen LogP contribution in [0.4, 0.5) is 10.3 Å². The molecule has 2 aromatic carbocycles. The Morgan fingerprint density at radius 2 is 1.89 bits per heavy atom. The second kappa shape index (κ2) is 8.71. The lowest BCUT2D eigenvalue weighted by molar-refractivity contribution is 0.292. The molecule has 0 spiro atoms. The van der Waals surface area contributed by atoms with Crippen LogP contribution in [0.5, 0.6) is 0 Å². The van der Waals surface area contributed by atoms with E-state index in [1.165, 1.54) is 12.1 Å². The molecule has 3 N–H and O–H groups in total. The summed E-state index contributed by atoms with van der Waals surface area (Å²) in [5, 5.41) is 3.69. The molecule has 1 aromatic heterocycles. The van der Waals surface area contributed by atoms with E-state index < -0.39 is 0 Å². The van der Waals surface area contributed by atoms with Crippen LogP contribution in [0.25, 0.3) is 11.0 Å². The molecule has 1 unspecified atom stereocenters. The molecule has 0 bridgehead atoms. The van der Waals surface area contributed by atoms with E-state index in [0.29, 0.717) is 19.1 Å². The minimum Gasteiger partial charge on any atom is -0.353 e. The summed E-state index contributed by atoms with van der Waals surface area (Å²) in [4.78, 5) is 7.30. The zero-order valence-electron chi connectivity index (χ0n) is 16.1. The van der Waals surface area contributed by atoms with Crippen LogP contribution in [0, 0.1) is 5.82 Å². The van der Waals surface area contributed by atoms with Crippen molar-refractivity contribution in [3.63, 3.8) is 0 Å². The van der Waals surface area contributed by atoms with E-state index in [1.807, 2.05) is 30.3 Å². The van der Waals surface area contributed by atoms with Crippen LogP contribution in [-0.2, 0) is 6.54 Å². The number of fused-ring (bicyclic) bond motifs is 1. The van der Waals surface area contributed by atoms with Crippen LogP contribution < -0.4 is 11.1 Å². The van der Waals surface area contributed by atoms with Gasteiger partial charge in [0.2, 0.25) is 5.95 Å². The first-order valence-electron chi connectivity index (χ1n) is 10.1. The molecular weight excluding hydrogens is 353 g/mol. The summed E-state index contributed by atoms with van der Waals surface area (Å²) >= 11 is 0. The minimum absolute atomic E-state index is 0.210. The Labute approximate surface area is 165 Å². The van der Waals surface area contributed by atoms with E-state index in [9.17, 15) is 4.39 Å². The SMILES string of the molecule is NCCN1CCCC(Nc2nc3ccccc3n2Cc2ccc(F)cc2)CC1. The number of halogens is 1. The molecule has 4 rings (SSSR count). The Morgan fingerprint density at radius 1 is 1.07 bits per heavy atom. The van der Waals surface area contributed by atoms with Crippen molar-refractivity contribution in [3.8, 4) is 0 Å². The summed E-state index contributed by atoms with van der Waals surface area (Å²) < 4.78 is 15.5. The predicted octanol–water partition coefficient (Wildman–Crippen LogP) is 3.45. The van der Waals surface area contributed by atoms with E-state index in [1.54, 1.807) is 0 Å². The number of hydrogen-bond acceptors (Lipinski definition) is 4. The lowest BCUT2D eigenvalue weighted by Crippen LogP contribution is -2.31. The quantitative estimate of drug-likeness (QED) is 0.687. The molecule has 1 saturated heterocycles. The van der Waals surface area contributed by atoms with Crippen molar-refractivity contribution >= 4 is 17.0 Å². The average Bonchev–Trinajstić information content (AvgIpc) is 2.88. The summed E-state index contributed by atoms with van der Waals surface area (Å²) in [6.45, 7) is 4.52. The standard InChI is InChI=1S/C22H28FN5/c23-18-9-7-17(8-10-18)16-28-21-6-2-1-5-20(21)26-22(28)25-19-4-3-13-27(14-11-19)15-12-24/h1-2,5-10,19H,3-4,11-16,24H2,(H,25,26). The number of rotatable bonds is 6. The summed E-state index contributed by atoms with van der Waals surface area (Å²) in [6.07, 6.45) is 3.37. The highest BCUT2D eigenvalue weighted by molar-refractivity contribution is 5.78. The van der Waals surface area contributed by atoms with Crippen molar-refractivity contribution < 1.29 is 4.39 Å². The second-order valence-corrected chi connectivity index (χ2v) is 7.54. The maximum absolute atomic E-state index is 13.3. The number of para-hydroxylation sites is 2. The van der Waals surface area contributed by atoms with Crippen LogP contribution in [-0.4, -0.2) is 46.7 Å². The number of hydrogen-bond donors (Lipinski definition) is 2. The molecule has 0 amide bonds. The number of anilines is 1. The average molecular weight is 381 g/mol. The highest BCUT2D eigenvalue weighted by Crippen LogP contribution is 2.24. The maximum atomic E-state index is 13.3. The number of nitrogens with zero attached hydrogens (tertiary/aromatic N) is 3. The van der Waals surface area contributed by atoms with Crippen LogP contribution in [0.3, 0.4) is 0 Å². The lowest BCUT2D eigenvalue weighted by Gasteiger charge is -2.20. The van der Waals surface area contributed by atoms with Gasteiger partial charge in [0, 0.05) is 25.7 Å². The van der Waals surface area contributed by atoms with Gasteiger partial charge in [-0.3, -0.25) is 0 Å². The number of nitrogens with two attached hydrogens (primary N) is 1. The first-order chi connectivity index (χ1) is 13.7. The fourth-order valence-electron chi connectivity index (χ4n) is 4.01. The molecule has 0 saturated carbocycles. The highest BCUT2D eigenvalue weighted by Gasteiger charge is 2.19. The third-order valence-electron chi connectivity index (χ3n) is 5.51. The molecule has 0 radical (unpaired) electrons. The number of aromatic nitrogens is 2. The van der Waals surface area contributed by atoms with Gasteiger partial charge in [-0.1, -0.05) is 24.3 Å². The molecule has 5 nitrogen and oxygen atoms in total. The smallest absolute Gasteiger partial charge is 0.204 e. The van der Waals surface area contributed by atoms with Crippen molar-refractivity contribution in [1.29, 1.82) is 0 Å². The number of likely N-dealkylation sites (tertiary alicyclic amines) is 1. The highest BCUT2D eigenvalue weighted by atomic mass is 19.1. The van der Waals surface area contributed by atoms with Crippen LogP contribution >= 0.6 is 0 Å². The first-order valence-corrected chi connectivity index (χ1v) is 10.1. The van der Waals surface area contributed by atoms with Crippen molar-refractivity contribution in [3.05, 3.63) is 59.9 Å². The first kappa shape index (κ1) is 18.9. The molecule has 2 heterocycles. The van der Waals surface area contributed by atoms with Gasteiger partial charge in [-0.15, -0.1) is 0 Å². The normalized spacial score (nSPS) is 18.3. The van der Waals surface area contributed by atoms with E-state index in [2.05, 4.69) is 20.9 Å². The number of imidazole rings is 1. The topological polar surface area (TPSA) is 59.1 Å². The second-order valence-electron chi connectivity index (χ2n) is 7.54. The number of nitrogens with one attached hydrogen (secondary N) is 1. The molecule has 1 atom stereocenters.